The summed E-state index contributed by atoms with van der Waals surface area (Å²) in [6, 6.07) is 10.2. The number of carbonyl (C=O) groups excluding carboxylic acids is 3. The zero-order valence-corrected chi connectivity index (χ0v) is 16.0. The van der Waals surface area contributed by atoms with Gasteiger partial charge in [-0.3, -0.25) is 19.9 Å². The van der Waals surface area contributed by atoms with Crippen LogP contribution in [0, 0.1) is 5.92 Å². The number of rotatable bonds is 3. The van der Waals surface area contributed by atoms with E-state index in [0.29, 0.717) is 25.9 Å². The third-order valence-electron chi connectivity index (χ3n) is 3.56. The Morgan fingerprint density at radius 3 is 2.42 bits per heavy atom. The van der Waals surface area contributed by atoms with Crippen LogP contribution in [0.3, 0.4) is 0 Å². The zero-order valence-electron chi connectivity index (χ0n) is 12.9. The fraction of sp³-hybridized carbons (Fsp3) is 0.0588. The molecule has 0 radical (unpaired) electrons. The van der Waals surface area contributed by atoms with Crippen LogP contribution in [0.4, 0.5) is 16.2 Å². The molecule has 6 nitrogen and oxygen atoms in total. The Balaban J connectivity index is 1.88. The zero-order chi connectivity index (χ0) is 18.8. The molecule has 0 aliphatic carbocycles. The van der Waals surface area contributed by atoms with Crippen molar-refractivity contribution < 1.29 is 14.4 Å². The number of nitrogens with zero attached hydrogens (tertiary/aromatic N) is 2. The van der Waals surface area contributed by atoms with Crippen molar-refractivity contribution in [3.63, 3.8) is 0 Å². The van der Waals surface area contributed by atoms with Gasteiger partial charge in [0, 0.05) is 15.7 Å². The minimum Gasteiger partial charge on any atom is -0.276 e. The standard InChI is InChI=1S/C17H10BrCl2N3O3/c18-13-6-3-10(7-14(13)20)21-8-12-15(24)22-17(26)23(16(12)25)11-4-1-9(19)2-5-11/h1-8,12H,(H,22,24,26)/t12-/m0/s1. The summed E-state index contributed by atoms with van der Waals surface area (Å²) in [6.07, 6.45) is 1.19. The normalized spacial score (nSPS) is 17.7. The number of aliphatic imine (C=N–C) groups is 1. The molecular weight excluding hydrogens is 445 g/mol. The van der Waals surface area contributed by atoms with Crippen LogP contribution in [-0.2, 0) is 9.59 Å². The smallest absolute Gasteiger partial charge is 0.276 e. The second-order valence-electron chi connectivity index (χ2n) is 5.30. The number of hydrogen-bond donors (Lipinski definition) is 1. The molecule has 1 atom stereocenters. The number of carbonyl (C=O) groups is 3. The molecule has 0 aromatic heterocycles. The van der Waals surface area contributed by atoms with Crippen molar-refractivity contribution in [1.82, 2.24) is 5.32 Å². The van der Waals surface area contributed by atoms with E-state index in [1.807, 2.05) is 0 Å². The lowest BCUT2D eigenvalue weighted by atomic mass is 10.1. The quantitative estimate of drug-likeness (QED) is 0.552. The lowest BCUT2D eigenvalue weighted by Gasteiger charge is -2.28. The summed E-state index contributed by atoms with van der Waals surface area (Å²) in [5.74, 6) is -2.68. The predicted octanol–water partition coefficient (Wildman–Crippen LogP) is 4.36. The number of amides is 4. The lowest BCUT2D eigenvalue weighted by Crippen LogP contribution is -2.58. The second-order valence-corrected chi connectivity index (χ2v) is 7.00. The summed E-state index contributed by atoms with van der Waals surface area (Å²) >= 11 is 15.1. The topological polar surface area (TPSA) is 78.8 Å². The average Bonchev–Trinajstić information content (AvgIpc) is 2.59. The van der Waals surface area contributed by atoms with Gasteiger partial charge in [-0.05, 0) is 58.4 Å². The number of barbiturate groups is 1. The van der Waals surface area contributed by atoms with Crippen molar-refractivity contribution in [2.24, 2.45) is 10.9 Å². The molecule has 2 aromatic carbocycles. The SMILES string of the molecule is O=C1NC(=O)N(c2ccc(Cl)cc2)C(=O)[C@H]1C=Nc1ccc(Br)c(Cl)c1. The number of halogens is 3. The third-order valence-corrected chi connectivity index (χ3v) is 5.05. The molecule has 26 heavy (non-hydrogen) atoms. The molecule has 1 N–H and O–H groups in total. The summed E-state index contributed by atoms with van der Waals surface area (Å²) in [7, 11) is 0. The Bertz CT molecular complexity index is 931. The van der Waals surface area contributed by atoms with Crippen LogP contribution in [0.2, 0.25) is 10.0 Å². The molecule has 9 heteroatoms. The van der Waals surface area contributed by atoms with E-state index in [9.17, 15) is 14.4 Å². The maximum Gasteiger partial charge on any atom is 0.335 e. The van der Waals surface area contributed by atoms with Crippen molar-refractivity contribution in [3.8, 4) is 0 Å². The molecule has 1 heterocycles. The van der Waals surface area contributed by atoms with Crippen LogP contribution < -0.4 is 10.2 Å². The van der Waals surface area contributed by atoms with Gasteiger partial charge in [0.05, 0.1) is 16.4 Å². The highest BCUT2D eigenvalue weighted by molar-refractivity contribution is 9.10. The summed E-state index contributed by atoms with van der Waals surface area (Å²) in [4.78, 5) is 41.8. The van der Waals surface area contributed by atoms with Gasteiger partial charge in [-0.15, -0.1) is 0 Å². The highest BCUT2D eigenvalue weighted by Crippen LogP contribution is 2.27. The first kappa shape index (κ1) is 18.6. The van der Waals surface area contributed by atoms with Gasteiger partial charge in [-0.1, -0.05) is 23.2 Å². The van der Waals surface area contributed by atoms with Crippen LogP contribution in [0.1, 0.15) is 0 Å². The highest BCUT2D eigenvalue weighted by Gasteiger charge is 2.40. The first-order valence-corrected chi connectivity index (χ1v) is 8.85. The Hall–Kier alpha value is -2.22. The molecule has 1 aliphatic rings. The molecule has 3 rings (SSSR count). The summed E-state index contributed by atoms with van der Waals surface area (Å²) < 4.78 is 0.698. The molecule has 1 saturated heterocycles. The van der Waals surface area contributed by atoms with E-state index < -0.39 is 23.8 Å². The summed E-state index contributed by atoms with van der Waals surface area (Å²) in [5, 5.41) is 3.05. The van der Waals surface area contributed by atoms with Crippen molar-refractivity contribution in [2.75, 3.05) is 4.90 Å². The Labute approximate surface area is 166 Å². The summed E-state index contributed by atoms with van der Waals surface area (Å²) in [6.45, 7) is 0. The van der Waals surface area contributed by atoms with Crippen LogP contribution in [0.15, 0.2) is 51.9 Å². The lowest BCUT2D eigenvalue weighted by molar-refractivity contribution is -0.131. The van der Waals surface area contributed by atoms with Crippen LogP contribution in [0.5, 0.6) is 0 Å². The largest absolute Gasteiger partial charge is 0.335 e. The molecule has 132 valence electrons. The molecule has 2 aromatic rings. The van der Waals surface area contributed by atoms with Crippen LogP contribution >= 0.6 is 39.1 Å². The van der Waals surface area contributed by atoms with E-state index in [0.717, 1.165) is 4.90 Å². The maximum atomic E-state index is 12.7. The third kappa shape index (κ3) is 3.80. The predicted molar refractivity (Wildman–Crippen MR) is 103 cm³/mol. The minimum atomic E-state index is -1.24. The van der Waals surface area contributed by atoms with Gasteiger partial charge in [0.1, 0.15) is 0 Å². The number of benzene rings is 2. The van der Waals surface area contributed by atoms with Gasteiger partial charge in [-0.25, -0.2) is 9.69 Å². The highest BCUT2D eigenvalue weighted by atomic mass is 79.9. The summed E-state index contributed by atoms with van der Waals surface area (Å²) in [5.41, 5.74) is 0.767. The van der Waals surface area contributed by atoms with E-state index in [1.54, 1.807) is 30.3 Å². The fourth-order valence-electron chi connectivity index (χ4n) is 2.28. The number of nitrogens with one attached hydrogen (secondary N) is 1. The van der Waals surface area contributed by atoms with Gasteiger partial charge in [0.2, 0.25) is 5.91 Å². The Morgan fingerprint density at radius 1 is 1.08 bits per heavy atom. The van der Waals surface area contributed by atoms with E-state index in [2.05, 4.69) is 26.2 Å². The number of anilines is 1. The Morgan fingerprint density at radius 2 is 1.77 bits per heavy atom. The van der Waals surface area contributed by atoms with Gasteiger partial charge in [0.25, 0.3) is 5.91 Å². The van der Waals surface area contributed by atoms with Crippen molar-refractivity contribution >= 4 is 74.6 Å². The molecule has 0 saturated carbocycles. The monoisotopic (exact) mass is 453 g/mol. The molecule has 4 amide bonds. The number of hydrogen-bond acceptors (Lipinski definition) is 4. The fourth-order valence-corrected chi connectivity index (χ4v) is 2.83. The van der Waals surface area contributed by atoms with Gasteiger partial charge >= 0.3 is 6.03 Å². The molecule has 1 aliphatic heterocycles. The van der Waals surface area contributed by atoms with Crippen molar-refractivity contribution in [3.05, 3.63) is 57.0 Å². The first-order valence-electron chi connectivity index (χ1n) is 7.30. The van der Waals surface area contributed by atoms with Crippen molar-refractivity contribution in [1.29, 1.82) is 0 Å². The molecular formula is C17H10BrCl2N3O3. The Kier molecular flexibility index (Phi) is 5.41. The average molecular weight is 455 g/mol. The first-order chi connectivity index (χ1) is 12.4. The van der Waals surface area contributed by atoms with Crippen molar-refractivity contribution in [2.45, 2.75) is 0 Å². The molecule has 0 spiro atoms. The van der Waals surface area contributed by atoms with Gasteiger partial charge < -0.3 is 0 Å². The maximum absolute atomic E-state index is 12.7. The van der Waals surface area contributed by atoms with Crippen LogP contribution in [-0.4, -0.2) is 24.1 Å². The second kappa shape index (κ2) is 7.57. The minimum absolute atomic E-state index is 0.300. The van der Waals surface area contributed by atoms with Gasteiger partial charge in [0.15, 0.2) is 5.92 Å². The van der Waals surface area contributed by atoms with E-state index in [1.165, 1.54) is 18.3 Å². The number of imide groups is 2. The molecule has 0 bridgehead atoms. The van der Waals surface area contributed by atoms with E-state index in [4.69, 9.17) is 23.2 Å². The van der Waals surface area contributed by atoms with Crippen LogP contribution in [0.25, 0.3) is 0 Å². The molecule has 0 unspecified atom stereocenters. The molecule has 1 fully saturated rings. The van der Waals surface area contributed by atoms with E-state index in [-0.39, 0.29) is 0 Å². The van der Waals surface area contributed by atoms with Gasteiger partial charge in [-0.2, -0.15) is 0 Å². The number of urea groups is 1. The van der Waals surface area contributed by atoms with E-state index >= 15 is 0 Å².